The maximum Gasteiger partial charge on any atom is 0.293 e. The van der Waals surface area contributed by atoms with Gasteiger partial charge in [0.15, 0.2) is 0 Å². The molecular formula is C23H27N3O3. The Bertz CT molecular complexity index is 872. The molecule has 2 fully saturated rings. The lowest BCUT2D eigenvalue weighted by Gasteiger charge is -2.32. The van der Waals surface area contributed by atoms with Crippen LogP contribution < -0.4 is 5.32 Å². The van der Waals surface area contributed by atoms with E-state index in [2.05, 4.69) is 29.6 Å². The van der Waals surface area contributed by atoms with Crippen molar-refractivity contribution in [1.82, 2.24) is 4.90 Å². The van der Waals surface area contributed by atoms with E-state index in [1.807, 2.05) is 11.0 Å². The van der Waals surface area contributed by atoms with Gasteiger partial charge in [0, 0.05) is 30.8 Å². The number of aryl methyl sites for hydroxylation is 1. The van der Waals surface area contributed by atoms with Crippen molar-refractivity contribution in [2.75, 3.05) is 18.4 Å². The molecular weight excluding hydrogens is 366 g/mol. The lowest BCUT2D eigenvalue weighted by Crippen LogP contribution is -2.38. The van der Waals surface area contributed by atoms with Crippen molar-refractivity contribution in [3.63, 3.8) is 0 Å². The predicted molar refractivity (Wildman–Crippen MR) is 113 cm³/mol. The lowest BCUT2D eigenvalue weighted by molar-refractivity contribution is -0.384. The van der Waals surface area contributed by atoms with Crippen molar-refractivity contribution in [1.29, 1.82) is 0 Å². The molecule has 0 spiro atoms. The van der Waals surface area contributed by atoms with Gasteiger partial charge in [-0.25, -0.2) is 0 Å². The molecule has 1 heterocycles. The van der Waals surface area contributed by atoms with E-state index in [4.69, 9.17) is 0 Å². The molecule has 2 aliphatic rings. The van der Waals surface area contributed by atoms with E-state index in [1.54, 1.807) is 12.1 Å². The number of nitro benzene ring substituents is 1. The second-order valence-corrected chi connectivity index (χ2v) is 8.17. The van der Waals surface area contributed by atoms with Crippen LogP contribution in [0.1, 0.15) is 48.0 Å². The molecule has 6 nitrogen and oxygen atoms in total. The molecule has 0 radical (unpaired) electrons. The number of nitrogens with zero attached hydrogens (tertiary/aromatic N) is 2. The first-order chi connectivity index (χ1) is 14.1. The van der Waals surface area contributed by atoms with Crippen molar-refractivity contribution in [3.8, 4) is 0 Å². The summed E-state index contributed by atoms with van der Waals surface area (Å²) in [4.78, 5) is 25.8. The van der Waals surface area contributed by atoms with Gasteiger partial charge in [-0.2, -0.15) is 0 Å². The molecule has 1 saturated carbocycles. The van der Waals surface area contributed by atoms with Crippen LogP contribution in [0.15, 0.2) is 48.5 Å². The molecule has 6 heteroatoms. The quantitative estimate of drug-likeness (QED) is 0.549. The molecule has 0 aromatic heterocycles. The highest BCUT2D eigenvalue weighted by molar-refractivity contribution is 5.95. The second kappa shape index (κ2) is 8.64. The summed E-state index contributed by atoms with van der Waals surface area (Å²) < 4.78 is 0. The second-order valence-electron chi connectivity index (χ2n) is 8.17. The van der Waals surface area contributed by atoms with Gasteiger partial charge in [0.25, 0.3) is 11.6 Å². The molecule has 0 bridgehead atoms. The van der Waals surface area contributed by atoms with Crippen LogP contribution in [-0.2, 0) is 6.42 Å². The van der Waals surface area contributed by atoms with Gasteiger partial charge in [-0.15, -0.1) is 0 Å². The third-order valence-electron chi connectivity index (χ3n) is 5.96. The van der Waals surface area contributed by atoms with E-state index in [0.29, 0.717) is 36.3 Å². The number of carbonyl (C=O) groups excluding carboxylic acids is 1. The SMILES string of the molecule is O=C(c1ccc(NC2CC2)c([N+](=O)[O-])c1)N1CCC(CCc2ccccc2)CC1. The number of amides is 1. The Kier molecular flexibility index (Phi) is 5.79. The molecule has 1 aliphatic carbocycles. The van der Waals surface area contributed by atoms with Crippen LogP contribution >= 0.6 is 0 Å². The molecule has 0 unspecified atom stereocenters. The number of piperidine rings is 1. The molecule has 1 saturated heterocycles. The fourth-order valence-electron chi connectivity index (χ4n) is 4.01. The Labute approximate surface area is 171 Å². The number of rotatable bonds is 7. The van der Waals surface area contributed by atoms with Gasteiger partial charge < -0.3 is 10.2 Å². The van der Waals surface area contributed by atoms with Crippen LogP contribution in [0.5, 0.6) is 0 Å². The number of likely N-dealkylation sites (tertiary alicyclic amines) is 1. The Morgan fingerprint density at radius 2 is 1.79 bits per heavy atom. The zero-order valence-corrected chi connectivity index (χ0v) is 16.5. The number of hydrogen-bond acceptors (Lipinski definition) is 4. The Balaban J connectivity index is 1.34. The first-order valence-corrected chi connectivity index (χ1v) is 10.5. The average Bonchev–Trinajstić information content (AvgIpc) is 3.57. The fraction of sp³-hybridized carbons (Fsp3) is 0.435. The van der Waals surface area contributed by atoms with Crippen LogP contribution in [-0.4, -0.2) is 34.9 Å². The van der Waals surface area contributed by atoms with E-state index in [9.17, 15) is 14.9 Å². The number of nitro groups is 1. The highest BCUT2D eigenvalue weighted by atomic mass is 16.6. The third kappa shape index (κ3) is 4.94. The largest absolute Gasteiger partial charge is 0.377 e. The maximum absolute atomic E-state index is 12.9. The topological polar surface area (TPSA) is 75.5 Å². The molecule has 2 aromatic rings. The Morgan fingerprint density at radius 3 is 2.45 bits per heavy atom. The maximum atomic E-state index is 12.9. The third-order valence-corrected chi connectivity index (χ3v) is 5.96. The van der Waals surface area contributed by atoms with Gasteiger partial charge in [-0.05, 0) is 62.1 Å². The molecule has 1 amide bonds. The molecule has 29 heavy (non-hydrogen) atoms. The number of nitrogens with one attached hydrogen (secondary N) is 1. The van der Waals surface area contributed by atoms with Crippen LogP contribution in [0.25, 0.3) is 0 Å². The first kappa shape index (κ1) is 19.4. The van der Waals surface area contributed by atoms with E-state index in [-0.39, 0.29) is 11.6 Å². The molecule has 0 atom stereocenters. The van der Waals surface area contributed by atoms with E-state index < -0.39 is 4.92 Å². The van der Waals surface area contributed by atoms with Crippen LogP contribution in [0.4, 0.5) is 11.4 Å². The smallest absolute Gasteiger partial charge is 0.293 e. The van der Waals surface area contributed by atoms with E-state index in [1.165, 1.54) is 11.6 Å². The summed E-state index contributed by atoms with van der Waals surface area (Å²) in [5.41, 5.74) is 2.26. The standard InChI is InChI=1S/C23H27N3O3/c27-23(19-8-11-21(24-20-9-10-20)22(16-19)26(28)29)25-14-12-18(13-15-25)7-6-17-4-2-1-3-5-17/h1-5,8,11,16,18,20,24H,6-7,9-10,12-15H2. The van der Waals surface area contributed by atoms with Gasteiger partial charge in [-0.1, -0.05) is 30.3 Å². The van der Waals surface area contributed by atoms with E-state index >= 15 is 0 Å². The predicted octanol–water partition coefficient (Wildman–Crippen LogP) is 4.65. The van der Waals surface area contributed by atoms with Gasteiger partial charge >= 0.3 is 0 Å². The highest BCUT2D eigenvalue weighted by Gasteiger charge is 2.28. The Hall–Kier alpha value is -2.89. The Morgan fingerprint density at radius 1 is 1.07 bits per heavy atom. The number of hydrogen-bond donors (Lipinski definition) is 1. The van der Waals surface area contributed by atoms with Crippen molar-refractivity contribution < 1.29 is 9.72 Å². The lowest BCUT2D eigenvalue weighted by atomic mass is 9.90. The summed E-state index contributed by atoms with van der Waals surface area (Å²) in [5.74, 6) is 0.520. The number of benzene rings is 2. The minimum atomic E-state index is -0.405. The van der Waals surface area contributed by atoms with Crippen molar-refractivity contribution >= 4 is 17.3 Å². The van der Waals surface area contributed by atoms with Crippen molar-refractivity contribution in [2.45, 2.75) is 44.6 Å². The van der Waals surface area contributed by atoms with Gasteiger partial charge in [0.1, 0.15) is 5.69 Å². The zero-order chi connectivity index (χ0) is 20.2. The van der Waals surface area contributed by atoms with Crippen LogP contribution in [0, 0.1) is 16.0 Å². The molecule has 1 aliphatic heterocycles. The molecule has 152 valence electrons. The van der Waals surface area contributed by atoms with Crippen LogP contribution in [0.3, 0.4) is 0 Å². The van der Waals surface area contributed by atoms with Gasteiger partial charge in [-0.3, -0.25) is 14.9 Å². The van der Waals surface area contributed by atoms with Crippen LogP contribution in [0.2, 0.25) is 0 Å². The summed E-state index contributed by atoms with van der Waals surface area (Å²) in [5, 5.41) is 14.6. The van der Waals surface area contributed by atoms with E-state index in [0.717, 1.165) is 38.5 Å². The minimum absolute atomic E-state index is 0.0134. The number of anilines is 1. The highest BCUT2D eigenvalue weighted by Crippen LogP contribution is 2.32. The minimum Gasteiger partial charge on any atom is -0.377 e. The molecule has 2 aromatic carbocycles. The monoisotopic (exact) mass is 393 g/mol. The fourth-order valence-corrected chi connectivity index (χ4v) is 4.01. The van der Waals surface area contributed by atoms with Gasteiger partial charge in [0.05, 0.1) is 4.92 Å². The van der Waals surface area contributed by atoms with Gasteiger partial charge in [0.2, 0.25) is 0 Å². The summed E-state index contributed by atoms with van der Waals surface area (Å²) in [6, 6.07) is 15.6. The summed E-state index contributed by atoms with van der Waals surface area (Å²) >= 11 is 0. The average molecular weight is 393 g/mol. The molecule has 4 rings (SSSR count). The zero-order valence-electron chi connectivity index (χ0n) is 16.5. The first-order valence-electron chi connectivity index (χ1n) is 10.5. The van der Waals surface area contributed by atoms with Crippen molar-refractivity contribution in [2.24, 2.45) is 5.92 Å². The van der Waals surface area contributed by atoms with Crippen molar-refractivity contribution in [3.05, 3.63) is 69.8 Å². The summed E-state index contributed by atoms with van der Waals surface area (Å²) in [6.45, 7) is 1.43. The number of carbonyl (C=O) groups is 1. The summed E-state index contributed by atoms with van der Waals surface area (Å²) in [6.07, 6.45) is 6.26. The summed E-state index contributed by atoms with van der Waals surface area (Å²) in [7, 11) is 0. The normalized spacial score (nSPS) is 17.2. The molecule has 1 N–H and O–H groups in total.